The summed E-state index contributed by atoms with van der Waals surface area (Å²) in [5, 5.41) is 0. The van der Waals surface area contributed by atoms with Gasteiger partial charge in [0.25, 0.3) is 0 Å². The molecule has 2 atom stereocenters. The van der Waals surface area contributed by atoms with Crippen molar-refractivity contribution in [1.29, 1.82) is 0 Å². The fourth-order valence-electron chi connectivity index (χ4n) is 2.64. The molecule has 4 heteroatoms. The number of hydrogen-bond acceptors (Lipinski definition) is 2. The molecule has 0 unspecified atom stereocenters. The maximum atomic E-state index is 13.1. The predicted octanol–water partition coefficient (Wildman–Crippen LogP) is 2.39. The molecule has 0 aromatic heterocycles. The highest BCUT2D eigenvalue weighted by Crippen LogP contribution is 2.34. The molecule has 3 rings (SSSR count). The van der Waals surface area contributed by atoms with Crippen molar-refractivity contribution in [3.05, 3.63) is 47.8 Å². The Balaban J connectivity index is 1.90. The molecule has 1 fully saturated rings. The maximum Gasteiger partial charge on any atom is 0.240 e. The summed E-state index contributed by atoms with van der Waals surface area (Å²) in [6, 6.07) is 5.78. The smallest absolute Gasteiger partial charge is 0.240 e. The van der Waals surface area contributed by atoms with Gasteiger partial charge in [0.05, 0.1) is 12.1 Å². The number of carbonyl (C=O) groups is 1. The maximum absolute atomic E-state index is 13.1. The number of amides is 1. The fraction of sp³-hybridized carbons (Fsp3) is 0.438. The van der Waals surface area contributed by atoms with Gasteiger partial charge in [0, 0.05) is 6.54 Å². The third-order valence-electron chi connectivity index (χ3n) is 4.01. The van der Waals surface area contributed by atoms with Gasteiger partial charge >= 0.3 is 0 Å². The van der Waals surface area contributed by atoms with Crippen molar-refractivity contribution >= 4 is 5.91 Å². The molecule has 1 aromatic carbocycles. The monoisotopic (exact) mass is 274 g/mol. The lowest BCUT2D eigenvalue weighted by molar-refractivity contribution is -0.134. The zero-order chi connectivity index (χ0) is 14.1. The first-order valence-electron chi connectivity index (χ1n) is 7.13. The SMILES string of the molecule is N[C@@H]1CC=C[C@@H](c2ccc(F)cc2)N(CC2CC2)C1=O. The number of rotatable bonds is 3. The van der Waals surface area contributed by atoms with E-state index in [1.807, 2.05) is 17.1 Å². The summed E-state index contributed by atoms with van der Waals surface area (Å²) in [5.74, 6) is 0.333. The Morgan fingerprint density at radius 1 is 1.25 bits per heavy atom. The summed E-state index contributed by atoms with van der Waals surface area (Å²) in [4.78, 5) is 14.3. The summed E-state index contributed by atoms with van der Waals surface area (Å²) in [6.07, 6.45) is 6.90. The minimum Gasteiger partial charge on any atom is -0.331 e. The molecule has 0 bridgehead atoms. The zero-order valence-electron chi connectivity index (χ0n) is 11.3. The Kier molecular flexibility index (Phi) is 3.57. The van der Waals surface area contributed by atoms with Crippen LogP contribution in [0.1, 0.15) is 30.9 Å². The Morgan fingerprint density at radius 3 is 2.60 bits per heavy atom. The van der Waals surface area contributed by atoms with E-state index in [1.54, 1.807) is 12.1 Å². The minimum absolute atomic E-state index is 0.00350. The number of nitrogens with two attached hydrogens (primary N) is 1. The molecule has 1 heterocycles. The lowest BCUT2D eigenvalue weighted by Gasteiger charge is -2.30. The van der Waals surface area contributed by atoms with Crippen molar-refractivity contribution in [2.24, 2.45) is 11.7 Å². The van der Waals surface area contributed by atoms with Crippen molar-refractivity contribution in [2.45, 2.75) is 31.3 Å². The van der Waals surface area contributed by atoms with Gasteiger partial charge in [0.2, 0.25) is 5.91 Å². The van der Waals surface area contributed by atoms with E-state index < -0.39 is 6.04 Å². The molecule has 2 N–H and O–H groups in total. The molecule has 20 heavy (non-hydrogen) atoms. The molecule has 0 radical (unpaired) electrons. The fourth-order valence-corrected chi connectivity index (χ4v) is 2.64. The summed E-state index contributed by atoms with van der Waals surface area (Å²) >= 11 is 0. The van der Waals surface area contributed by atoms with Crippen molar-refractivity contribution in [2.75, 3.05) is 6.54 Å². The van der Waals surface area contributed by atoms with E-state index in [-0.39, 0.29) is 17.8 Å². The quantitative estimate of drug-likeness (QED) is 0.860. The average molecular weight is 274 g/mol. The van der Waals surface area contributed by atoms with Gasteiger partial charge in [0.1, 0.15) is 5.82 Å². The van der Waals surface area contributed by atoms with Crippen LogP contribution in [0.5, 0.6) is 0 Å². The molecule has 1 aromatic rings. The number of hydrogen-bond donors (Lipinski definition) is 1. The molecule has 0 saturated heterocycles. The minimum atomic E-state index is -0.463. The third kappa shape index (κ3) is 2.75. The van der Waals surface area contributed by atoms with Crippen LogP contribution in [-0.4, -0.2) is 23.4 Å². The molecule has 1 aliphatic heterocycles. The summed E-state index contributed by atoms with van der Waals surface area (Å²) in [6.45, 7) is 0.749. The van der Waals surface area contributed by atoms with Crippen molar-refractivity contribution in [3.8, 4) is 0 Å². The second-order valence-corrected chi connectivity index (χ2v) is 5.70. The van der Waals surface area contributed by atoms with E-state index in [1.165, 1.54) is 25.0 Å². The second-order valence-electron chi connectivity index (χ2n) is 5.70. The van der Waals surface area contributed by atoms with Crippen LogP contribution in [0.4, 0.5) is 4.39 Å². The standard InChI is InChI=1S/C16H19FN2O/c17-13-8-6-12(7-9-13)15-3-1-2-14(18)16(20)19(15)10-11-4-5-11/h1,3,6-9,11,14-15H,2,4-5,10,18H2/t14-,15+/m1/s1. The number of nitrogens with zero attached hydrogens (tertiary/aromatic N) is 1. The molecule has 1 amide bonds. The first kappa shape index (κ1) is 13.3. The van der Waals surface area contributed by atoms with Crippen molar-refractivity contribution in [1.82, 2.24) is 4.90 Å². The summed E-state index contributed by atoms with van der Waals surface area (Å²) < 4.78 is 13.1. The molecular weight excluding hydrogens is 255 g/mol. The molecule has 0 spiro atoms. The van der Waals surface area contributed by atoms with Gasteiger partial charge in [-0.15, -0.1) is 0 Å². The topological polar surface area (TPSA) is 46.3 Å². The van der Waals surface area contributed by atoms with Crippen LogP contribution >= 0.6 is 0 Å². The van der Waals surface area contributed by atoms with Gasteiger partial charge in [0.15, 0.2) is 0 Å². The Morgan fingerprint density at radius 2 is 1.95 bits per heavy atom. The van der Waals surface area contributed by atoms with Gasteiger partial charge in [-0.25, -0.2) is 4.39 Å². The van der Waals surface area contributed by atoms with E-state index in [4.69, 9.17) is 5.73 Å². The number of benzene rings is 1. The van der Waals surface area contributed by atoms with Gasteiger partial charge in [-0.2, -0.15) is 0 Å². The number of carbonyl (C=O) groups excluding carboxylic acids is 1. The van der Waals surface area contributed by atoms with Crippen LogP contribution in [-0.2, 0) is 4.79 Å². The first-order valence-corrected chi connectivity index (χ1v) is 7.13. The van der Waals surface area contributed by atoms with Gasteiger partial charge < -0.3 is 10.6 Å². The molecule has 1 aliphatic carbocycles. The van der Waals surface area contributed by atoms with E-state index in [0.29, 0.717) is 12.3 Å². The van der Waals surface area contributed by atoms with E-state index in [2.05, 4.69) is 0 Å². The highest BCUT2D eigenvalue weighted by atomic mass is 19.1. The Bertz CT molecular complexity index is 522. The van der Waals surface area contributed by atoms with Crippen molar-refractivity contribution < 1.29 is 9.18 Å². The summed E-state index contributed by atoms with van der Waals surface area (Å²) in [5.41, 5.74) is 6.86. The molecule has 3 nitrogen and oxygen atoms in total. The van der Waals surface area contributed by atoms with Gasteiger partial charge in [-0.05, 0) is 42.9 Å². The second kappa shape index (κ2) is 5.37. The molecule has 1 saturated carbocycles. The highest BCUT2D eigenvalue weighted by Gasteiger charge is 2.34. The zero-order valence-corrected chi connectivity index (χ0v) is 11.3. The summed E-state index contributed by atoms with van der Waals surface area (Å²) in [7, 11) is 0. The van der Waals surface area contributed by atoms with Crippen LogP contribution in [0, 0.1) is 11.7 Å². The van der Waals surface area contributed by atoms with Gasteiger partial charge in [-0.3, -0.25) is 4.79 Å². The molecular formula is C16H19FN2O. The van der Waals surface area contributed by atoms with Crippen LogP contribution in [0.3, 0.4) is 0 Å². The molecule has 106 valence electrons. The van der Waals surface area contributed by atoms with E-state index in [9.17, 15) is 9.18 Å². The lowest BCUT2D eigenvalue weighted by atomic mass is 10.0. The highest BCUT2D eigenvalue weighted by molar-refractivity contribution is 5.83. The first-order chi connectivity index (χ1) is 9.65. The van der Waals surface area contributed by atoms with Crippen molar-refractivity contribution in [3.63, 3.8) is 0 Å². The Hall–Kier alpha value is -1.68. The van der Waals surface area contributed by atoms with Gasteiger partial charge in [-0.1, -0.05) is 24.3 Å². The van der Waals surface area contributed by atoms with Crippen LogP contribution < -0.4 is 5.73 Å². The van der Waals surface area contributed by atoms with E-state index in [0.717, 1.165) is 12.1 Å². The lowest BCUT2D eigenvalue weighted by Crippen LogP contribution is -2.44. The average Bonchev–Trinajstić information content (AvgIpc) is 3.26. The molecule has 2 aliphatic rings. The third-order valence-corrected chi connectivity index (χ3v) is 4.01. The van der Waals surface area contributed by atoms with E-state index >= 15 is 0 Å². The predicted molar refractivity (Wildman–Crippen MR) is 75.3 cm³/mol. The van der Waals surface area contributed by atoms with Crippen LogP contribution in [0.15, 0.2) is 36.4 Å². The largest absolute Gasteiger partial charge is 0.331 e. The normalized spacial score (nSPS) is 26.7. The van der Waals surface area contributed by atoms with Crippen LogP contribution in [0.25, 0.3) is 0 Å². The Labute approximate surface area is 118 Å². The van der Waals surface area contributed by atoms with Crippen LogP contribution in [0.2, 0.25) is 0 Å². The number of halogens is 1.